The molecule has 1 fully saturated rings. The summed E-state index contributed by atoms with van der Waals surface area (Å²) in [4.78, 5) is 0. The lowest BCUT2D eigenvalue weighted by molar-refractivity contribution is 0.305. The predicted molar refractivity (Wildman–Crippen MR) is 77.7 cm³/mol. The van der Waals surface area contributed by atoms with E-state index < -0.39 is 0 Å². The average molecular weight is 322 g/mol. The fourth-order valence-corrected chi connectivity index (χ4v) is 3.56. The van der Waals surface area contributed by atoms with Crippen molar-refractivity contribution in [2.24, 2.45) is 11.8 Å². The first kappa shape index (κ1) is 13.8. The van der Waals surface area contributed by atoms with Gasteiger partial charge in [0.1, 0.15) is 0 Å². The van der Waals surface area contributed by atoms with Crippen LogP contribution in [0.2, 0.25) is 0 Å². The van der Waals surface area contributed by atoms with Gasteiger partial charge in [-0.15, -0.1) is 0 Å². The Balaban J connectivity index is 2.12. The van der Waals surface area contributed by atoms with Crippen LogP contribution in [0.3, 0.4) is 0 Å². The van der Waals surface area contributed by atoms with Gasteiger partial charge in [-0.3, -0.25) is 0 Å². The number of hydrogen-bond acceptors (Lipinski definition) is 0. The highest BCUT2D eigenvalue weighted by Gasteiger charge is 2.19. The first-order valence-corrected chi connectivity index (χ1v) is 8.14. The van der Waals surface area contributed by atoms with Gasteiger partial charge in [0.2, 0.25) is 0 Å². The second-order valence-corrected chi connectivity index (χ2v) is 7.02. The minimum atomic E-state index is 0.983. The van der Waals surface area contributed by atoms with E-state index in [-0.39, 0.29) is 0 Å². The summed E-state index contributed by atoms with van der Waals surface area (Å²) in [5, 5.41) is 0. The summed E-state index contributed by atoms with van der Waals surface area (Å²) in [5.41, 5.74) is 0. The van der Waals surface area contributed by atoms with Gasteiger partial charge in [0.25, 0.3) is 0 Å². The number of hydrogen-bond donors (Lipinski definition) is 0. The summed E-state index contributed by atoms with van der Waals surface area (Å²) < 4.78 is 0.983. The fourth-order valence-electron chi connectivity index (χ4n) is 2.84. The maximum absolute atomic E-state index is 2.63. The molecule has 0 saturated heterocycles. The molecule has 1 rings (SSSR count). The van der Waals surface area contributed by atoms with Crippen molar-refractivity contribution in [3.05, 3.63) is 0 Å². The van der Waals surface area contributed by atoms with Crippen LogP contribution in [0.5, 0.6) is 0 Å². The fraction of sp³-hybridized carbons (Fsp3) is 1.00. The van der Waals surface area contributed by atoms with Gasteiger partial charge in [0.05, 0.1) is 0 Å². The molecular weight excluding hydrogens is 295 g/mol. The van der Waals surface area contributed by atoms with Crippen molar-refractivity contribution in [2.75, 3.05) is 0 Å². The molecule has 1 saturated carbocycles. The second-order valence-electron chi connectivity index (χ2n) is 5.26. The molecule has 0 aromatic heterocycles. The summed E-state index contributed by atoms with van der Waals surface area (Å²) in [5.74, 6) is 2.09. The zero-order valence-corrected chi connectivity index (χ0v) is 12.6. The quantitative estimate of drug-likeness (QED) is 0.442. The molecule has 0 amide bonds. The van der Waals surface area contributed by atoms with E-state index >= 15 is 0 Å². The third-order valence-electron chi connectivity index (χ3n) is 4.03. The maximum Gasteiger partial charge on any atom is 0.0110 e. The molecule has 0 nitrogen and oxygen atoms in total. The highest BCUT2D eigenvalue weighted by Crippen LogP contribution is 2.33. The van der Waals surface area contributed by atoms with Crippen molar-refractivity contribution in [1.82, 2.24) is 0 Å². The van der Waals surface area contributed by atoms with Gasteiger partial charge in [0.15, 0.2) is 0 Å². The van der Waals surface area contributed by atoms with Crippen molar-refractivity contribution < 1.29 is 0 Å². The zero-order chi connectivity index (χ0) is 11.1. The number of rotatable bonds is 6. The third kappa shape index (κ3) is 5.55. The lowest BCUT2D eigenvalue weighted by Gasteiger charge is -2.26. The van der Waals surface area contributed by atoms with E-state index in [1.54, 1.807) is 0 Å². The summed E-state index contributed by atoms with van der Waals surface area (Å²) in [6.45, 7) is 4.69. The van der Waals surface area contributed by atoms with Gasteiger partial charge in [-0.05, 0) is 37.5 Å². The molecule has 90 valence electrons. The van der Waals surface area contributed by atoms with E-state index in [9.17, 15) is 0 Å². The van der Waals surface area contributed by atoms with Crippen LogP contribution in [-0.2, 0) is 0 Å². The van der Waals surface area contributed by atoms with Gasteiger partial charge >= 0.3 is 0 Å². The average Bonchev–Trinajstić information content (AvgIpc) is 2.26. The highest BCUT2D eigenvalue weighted by atomic mass is 127. The van der Waals surface area contributed by atoms with Crippen molar-refractivity contribution in [3.63, 3.8) is 0 Å². The first-order chi connectivity index (χ1) is 7.26. The van der Waals surface area contributed by atoms with E-state index in [1.165, 1.54) is 57.8 Å². The van der Waals surface area contributed by atoms with Crippen LogP contribution < -0.4 is 0 Å². The Labute approximate surface area is 110 Å². The van der Waals surface area contributed by atoms with Gasteiger partial charge < -0.3 is 0 Å². The van der Waals surface area contributed by atoms with Crippen molar-refractivity contribution in [3.8, 4) is 0 Å². The molecule has 0 radical (unpaired) electrons. The van der Waals surface area contributed by atoms with Crippen LogP contribution >= 0.6 is 22.6 Å². The Hall–Kier alpha value is 0.730. The van der Waals surface area contributed by atoms with E-state index in [0.717, 1.165) is 15.8 Å². The smallest absolute Gasteiger partial charge is 0.0110 e. The molecule has 0 aromatic rings. The number of alkyl halides is 1. The molecule has 1 aliphatic carbocycles. The molecule has 1 atom stereocenters. The van der Waals surface area contributed by atoms with Crippen molar-refractivity contribution >= 4 is 22.6 Å². The molecule has 0 aliphatic heterocycles. The molecule has 1 heteroatoms. The van der Waals surface area contributed by atoms with Crippen LogP contribution in [0.25, 0.3) is 0 Å². The Kier molecular flexibility index (Phi) is 7.28. The Morgan fingerprint density at radius 2 is 1.73 bits per heavy atom. The first-order valence-electron chi connectivity index (χ1n) is 6.90. The Bertz CT molecular complexity index is 147. The largest absolute Gasteiger partial charge is 0.0826 e. The SMILES string of the molecule is CCC[C@H](CC)CC[C@H]1CC[C@@H](I)CC1. The molecule has 0 unspecified atom stereocenters. The zero-order valence-electron chi connectivity index (χ0n) is 10.5. The van der Waals surface area contributed by atoms with Crippen LogP contribution in [0.4, 0.5) is 0 Å². The summed E-state index contributed by atoms with van der Waals surface area (Å²) in [6, 6.07) is 0. The topological polar surface area (TPSA) is 0 Å². The maximum atomic E-state index is 2.63. The van der Waals surface area contributed by atoms with Crippen LogP contribution in [0.15, 0.2) is 0 Å². The lowest BCUT2D eigenvalue weighted by Crippen LogP contribution is -2.15. The molecular formula is C14H27I. The lowest BCUT2D eigenvalue weighted by atomic mass is 9.83. The summed E-state index contributed by atoms with van der Waals surface area (Å²) >= 11 is 2.63. The second kappa shape index (κ2) is 7.92. The highest BCUT2D eigenvalue weighted by molar-refractivity contribution is 14.1. The van der Waals surface area contributed by atoms with Crippen molar-refractivity contribution in [2.45, 2.75) is 75.6 Å². The predicted octanol–water partition coefficient (Wildman–Crippen LogP) is 5.59. The molecule has 15 heavy (non-hydrogen) atoms. The van der Waals surface area contributed by atoms with Gasteiger partial charge in [0, 0.05) is 3.92 Å². The van der Waals surface area contributed by atoms with E-state index in [4.69, 9.17) is 0 Å². The third-order valence-corrected chi connectivity index (χ3v) is 5.28. The van der Waals surface area contributed by atoms with Crippen LogP contribution in [0, 0.1) is 11.8 Å². The van der Waals surface area contributed by atoms with Crippen LogP contribution in [-0.4, -0.2) is 3.92 Å². The standard InChI is InChI=1S/C14H27I/c1-3-5-12(4-2)6-7-13-8-10-14(15)11-9-13/h12-14H,3-11H2,1-2H3/t12-,13-,14+/m0/s1. The minimum absolute atomic E-state index is 0.983. The monoisotopic (exact) mass is 322 g/mol. The number of halogens is 1. The molecule has 0 bridgehead atoms. The Morgan fingerprint density at radius 1 is 1.07 bits per heavy atom. The van der Waals surface area contributed by atoms with E-state index in [2.05, 4.69) is 36.4 Å². The summed E-state index contributed by atoms with van der Waals surface area (Å²) in [6.07, 6.45) is 13.2. The van der Waals surface area contributed by atoms with E-state index in [0.29, 0.717) is 0 Å². The van der Waals surface area contributed by atoms with E-state index in [1.807, 2.05) is 0 Å². The van der Waals surface area contributed by atoms with Crippen LogP contribution in [0.1, 0.15) is 71.6 Å². The molecule has 1 aliphatic rings. The minimum Gasteiger partial charge on any atom is -0.0826 e. The molecule has 0 heterocycles. The normalized spacial score (nSPS) is 29.0. The molecule has 0 N–H and O–H groups in total. The van der Waals surface area contributed by atoms with Gasteiger partial charge in [-0.1, -0.05) is 68.5 Å². The molecule has 0 aromatic carbocycles. The van der Waals surface area contributed by atoms with Gasteiger partial charge in [-0.2, -0.15) is 0 Å². The molecule has 0 spiro atoms. The van der Waals surface area contributed by atoms with Gasteiger partial charge in [-0.25, -0.2) is 0 Å². The van der Waals surface area contributed by atoms with Crippen molar-refractivity contribution in [1.29, 1.82) is 0 Å². The Morgan fingerprint density at radius 3 is 2.27 bits per heavy atom. The summed E-state index contributed by atoms with van der Waals surface area (Å²) in [7, 11) is 0.